The molecule has 0 N–H and O–H groups in total. The van der Waals surface area contributed by atoms with E-state index in [9.17, 15) is 5.21 Å². The minimum atomic E-state index is -0.375. The van der Waals surface area contributed by atoms with Crippen molar-refractivity contribution >= 4 is 0 Å². The number of hydrogen-bond acceptors (Lipinski definition) is 3. The van der Waals surface area contributed by atoms with Crippen LogP contribution in [0, 0.1) is 5.21 Å². The molecule has 0 aliphatic carbocycles. The van der Waals surface area contributed by atoms with Crippen LogP contribution in [0.15, 0.2) is 11.6 Å². The number of nitrogens with zero attached hydrogens (tertiary/aromatic N) is 2. The summed E-state index contributed by atoms with van der Waals surface area (Å²) in [4.78, 5) is 2.52. The van der Waals surface area contributed by atoms with Gasteiger partial charge in [-0.1, -0.05) is 32.8 Å². The molecule has 1 heterocycles. The Bertz CT molecular complexity index is 326. The summed E-state index contributed by atoms with van der Waals surface area (Å²) in [6.07, 6.45) is 7.11. The molecule has 0 saturated carbocycles. The first-order valence-electron chi connectivity index (χ1n) is 8.17. The molecule has 0 amide bonds. The van der Waals surface area contributed by atoms with Gasteiger partial charge in [-0.3, -0.25) is 4.90 Å². The van der Waals surface area contributed by atoms with Crippen LogP contribution in [0.1, 0.15) is 67.2 Å². The Labute approximate surface area is 125 Å². The van der Waals surface area contributed by atoms with E-state index >= 15 is 0 Å². The van der Waals surface area contributed by atoms with Crippen molar-refractivity contribution in [3.63, 3.8) is 0 Å². The average molecular weight is 281 g/mol. The van der Waals surface area contributed by atoms with Crippen LogP contribution in [0.25, 0.3) is 0 Å². The zero-order chi connectivity index (χ0) is 15.4. The van der Waals surface area contributed by atoms with Crippen molar-refractivity contribution < 1.29 is 0 Å². The summed E-state index contributed by atoms with van der Waals surface area (Å²) in [6, 6.07) is 0. The molecule has 0 unspecified atom stereocenters. The van der Waals surface area contributed by atoms with Crippen molar-refractivity contribution in [2.45, 2.75) is 78.3 Å². The number of hydrogen-bond donors (Lipinski definition) is 0. The summed E-state index contributed by atoms with van der Waals surface area (Å²) >= 11 is 0. The predicted molar refractivity (Wildman–Crippen MR) is 87.7 cm³/mol. The third-order valence-electron chi connectivity index (χ3n) is 4.39. The zero-order valence-corrected chi connectivity index (χ0v) is 14.3. The Morgan fingerprint density at radius 3 is 1.90 bits per heavy atom. The van der Waals surface area contributed by atoms with Gasteiger partial charge in [-0.2, -0.15) is 0 Å². The molecule has 20 heavy (non-hydrogen) atoms. The second-order valence-corrected chi connectivity index (χ2v) is 7.16. The molecule has 118 valence electrons. The smallest absolute Gasteiger partial charge is 0.0267 e. The lowest BCUT2D eigenvalue weighted by atomic mass is 9.96. The molecule has 0 aromatic carbocycles. The van der Waals surface area contributed by atoms with Gasteiger partial charge in [-0.05, 0) is 59.2 Å². The summed E-state index contributed by atoms with van der Waals surface area (Å²) in [6.45, 7) is 15.8. The molecule has 3 nitrogen and oxygen atoms in total. The SMILES string of the molecule is CCCCN(CCCC)CC1=CC(C)(C)N([O-])C1(C)C. The highest BCUT2D eigenvalue weighted by Gasteiger charge is 2.39. The summed E-state index contributed by atoms with van der Waals surface area (Å²) < 4.78 is 0. The van der Waals surface area contributed by atoms with Gasteiger partial charge in [-0.15, -0.1) is 0 Å². The van der Waals surface area contributed by atoms with E-state index < -0.39 is 0 Å². The first-order valence-corrected chi connectivity index (χ1v) is 8.17. The first-order chi connectivity index (χ1) is 9.25. The van der Waals surface area contributed by atoms with Crippen LogP contribution < -0.4 is 0 Å². The van der Waals surface area contributed by atoms with Gasteiger partial charge in [0.2, 0.25) is 0 Å². The van der Waals surface area contributed by atoms with E-state index in [-0.39, 0.29) is 11.1 Å². The second kappa shape index (κ2) is 7.06. The van der Waals surface area contributed by atoms with Crippen LogP contribution >= 0.6 is 0 Å². The van der Waals surface area contributed by atoms with Crippen LogP contribution in [0.2, 0.25) is 0 Å². The topological polar surface area (TPSA) is 29.5 Å². The van der Waals surface area contributed by atoms with E-state index in [1.54, 1.807) is 0 Å². The van der Waals surface area contributed by atoms with Crippen LogP contribution in [0.4, 0.5) is 0 Å². The van der Waals surface area contributed by atoms with Crippen molar-refractivity contribution in [1.82, 2.24) is 9.96 Å². The Morgan fingerprint density at radius 2 is 1.55 bits per heavy atom. The number of rotatable bonds is 8. The van der Waals surface area contributed by atoms with E-state index in [0.717, 1.165) is 19.6 Å². The first kappa shape index (κ1) is 17.7. The molecular formula is C17H33N2O-. The molecular weight excluding hydrogens is 248 g/mol. The Kier molecular flexibility index (Phi) is 6.24. The fourth-order valence-electron chi connectivity index (χ4n) is 3.03. The standard InChI is InChI=1S/C17H33N2O/c1-7-9-11-18(12-10-8-2)14-15-13-16(3,4)19(20)17(15,5)6/h13H,7-12,14H2,1-6H3/q-1. The van der Waals surface area contributed by atoms with Crippen LogP contribution in [-0.4, -0.2) is 40.7 Å². The molecule has 0 saturated heterocycles. The van der Waals surface area contributed by atoms with Crippen molar-refractivity contribution in [2.75, 3.05) is 19.6 Å². The lowest BCUT2D eigenvalue weighted by Gasteiger charge is -2.48. The Hall–Kier alpha value is -0.380. The summed E-state index contributed by atoms with van der Waals surface area (Å²) in [5.41, 5.74) is 0.532. The largest absolute Gasteiger partial charge is 0.784 e. The number of hydroxylamine groups is 2. The second-order valence-electron chi connectivity index (χ2n) is 7.16. The molecule has 0 atom stereocenters. The van der Waals surface area contributed by atoms with Gasteiger partial charge in [-0.25, -0.2) is 0 Å². The maximum atomic E-state index is 12.4. The average Bonchev–Trinajstić information content (AvgIpc) is 2.53. The van der Waals surface area contributed by atoms with Crippen molar-refractivity contribution in [3.8, 4) is 0 Å². The van der Waals surface area contributed by atoms with E-state index in [4.69, 9.17) is 0 Å². The van der Waals surface area contributed by atoms with Crippen molar-refractivity contribution in [3.05, 3.63) is 16.9 Å². The zero-order valence-electron chi connectivity index (χ0n) is 14.3. The van der Waals surface area contributed by atoms with E-state index in [0.29, 0.717) is 0 Å². The van der Waals surface area contributed by atoms with E-state index in [1.807, 2.05) is 13.8 Å². The maximum absolute atomic E-state index is 12.4. The van der Waals surface area contributed by atoms with Gasteiger partial charge in [0.25, 0.3) is 0 Å². The quantitative estimate of drug-likeness (QED) is 0.625. The molecule has 0 radical (unpaired) electrons. The monoisotopic (exact) mass is 281 g/mol. The third kappa shape index (κ3) is 4.06. The van der Waals surface area contributed by atoms with Gasteiger partial charge in [0, 0.05) is 17.6 Å². The van der Waals surface area contributed by atoms with Crippen LogP contribution in [0.5, 0.6) is 0 Å². The summed E-state index contributed by atoms with van der Waals surface area (Å²) in [7, 11) is 0. The highest BCUT2D eigenvalue weighted by molar-refractivity contribution is 5.32. The summed E-state index contributed by atoms with van der Waals surface area (Å²) in [5, 5.41) is 13.7. The Morgan fingerprint density at radius 1 is 1.05 bits per heavy atom. The fourth-order valence-corrected chi connectivity index (χ4v) is 3.03. The van der Waals surface area contributed by atoms with Gasteiger partial charge < -0.3 is 10.3 Å². The molecule has 0 aromatic heterocycles. The molecule has 0 bridgehead atoms. The van der Waals surface area contributed by atoms with Crippen LogP contribution in [-0.2, 0) is 0 Å². The highest BCUT2D eigenvalue weighted by Crippen LogP contribution is 2.39. The number of unbranched alkanes of at least 4 members (excludes halogenated alkanes) is 2. The molecule has 1 aliphatic rings. The predicted octanol–water partition coefficient (Wildman–Crippen LogP) is 4.19. The molecule has 1 aliphatic heterocycles. The minimum absolute atomic E-state index is 0.375. The van der Waals surface area contributed by atoms with Gasteiger partial charge >= 0.3 is 0 Å². The third-order valence-corrected chi connectivity index (χ3v) is 4.39. The van der Waals surface area contributed by atoms with E-state index in [1.165, 1.54) is 36.3 Å². The normalized spacial score (nSPS) is 21.5. The van der Waals surface area contributed by atoms with Gasteiger partial charge in [0.15, 0.2) is 0 Å². The van der Waals surface area contributed by atoms with Crippen molar-refractivity contribution in [1.29, 1.82) is 0 Å². The lowest BCUT2D eigenvalue weighted by molar-refractivity contribution is 0.151. The summed E-state index contributed by atoms with van der Waals surface area (Å²) in [5.74, 6) is 0. The molecule has 0 aromatic rings. The van der Waals surface area contributed by atoms with Crippen LogP contribution in [0.3, 0.4) is 0 Å². The Balaban J connectivity index is 2.76. The van der Waals surface area contributed by atoms with Crippen molar-refractivity contribution in [2.24, 2.45) is 0 Å². The molecule has 0 spiro atoms. The molecule has 1 rings (SSSR count). The maximum Gasteiger partial charge on any atom is 0.0267 e. The highest BCUT2D eigenvalue weighted by atomic mass is 16.5. The fraction of sp³-hybridized carbons (Fsp3) is 0.882. The molecule has 0 fully saturated rings. The minimum Gasteiger partial charge on any atom is -0.784 e. The van der Waals surface area contributed by atoms with Gasteiger partial charge in [0.1, 0.15) is 0 Å². The molecule has 3 heteroatoms. The lowest BCUT2D eigenvalue weighted by Crippen LogP contribution is -2.47. The van der Waals surface area contributed by atoms with Gasteiger partial charge in [0.05, 0.1) is 0 Å². The van der Waals surface area contributed by atoms with E-state index in [2.05, 4.69) is 38.7 Å².